The topological polar surface area (TPSA) is 76.0 Å². The van der Waals surface area contributed by atoms with Gasteiger partial charge < -0.3 is 19.7 Å². The van der Waals surface area contributed by atoms with Crippen LogP contribution in [0.3, 0.4) is 0 Å². The maximum atomic E-state index is 15.6. The lowest BCUT2D eigenvalue weighted by Crippen LogP contribution is -2.17. The number of halogens is 2. The molecule has 0 aromatic heterocycles. The van der Waals surface area contributed by atoms with E-state index in [2.05, 4.69) is 0 Å². The summed E-state index contributed by atoms with van der Waals surface area (Å²) in [6.07, 6.45) is 2.50. The summed E-state index contributed by atoms with van der Waals surface area (Å²) < 4.78 is 41.7. The average Bonchev–Trinajstić information content (AvgIpc) is 3.85. The maximum Gasteiger partial charge on any atom is 0.303 e. The second-order valence-corrected chi connectivity index (χ2v) is 11.6. The molecule has 2 saturated carbocycles. The van der Waals surface area contributed by atoms with Crippen LogP contribution in [0.4, 0.5) is 8.78 Å². The lowest BCUT2D eigenvalue weighted by molar-refractivity contribution is -0.137. The van der Waals surface area contributed by atoms with Gasteiger partial charge in [-0.3, -0.25) is 4.79 Å². The molecule has 0 radical (unpaired) electrons. The molecule has 5 nitrogen and oxygen atoms in total. The summed E-state index contributed by atoms with van der Waals surface area (Å²) in [5.74, 6) is -1.80. The number of rotatable bonds is 11. The van der Waals surface area contributed by atoms with Gasteiger partial charge in [0.15, 0.2) is 11.6 Å². The SMILES string of the molecule is COc1ccc(F)c(-c2ccc(COc3cccc([C@H](CC(=O)O)C4(C)CC4)c3F)cc2[C@@H](O)C2(C)CC2)c1. The Morgan fingerprint density at radius 1 is 0.949 bits per heavy atom. The molecule has 206 valence electrons. The van der Waals surface area contributed by atoms with E-state index in [1.54, 1.807) is 42.5 Å². The van der Waals surface area contributed by atoms with E-state index in [1.807, 2.05) is 13.8 Å². The number of methoxy groups -OCH3 is 1. The number of carboxylic acids is 1. The fraction of sp³-hybridized carbons (Fsp3) is 0.406. The Balaban J connectivity index is 1.44. The summed E-state index contributed by atoms with van der Waals surface area (Å²) in [6.45, 7) is 4.02. The number of hydrogen-bond donors (Lipinski definition) is 2. The van der Waals surface area contributed by atoms with Crippen molar-refractivity contribution < 1.29 is 33.3 Å². The normalized spacial score (nSPS) is 18.2. The van der Waals surface area contributed by atoms with Crippen molar-refractivity contribution in [2.45, 2.75) is 64.6 Å². The maximum absolute atomic E-state index is 15.6. The minimum absolute atomic E-state index is 0.0263. The summed E-state index contributed by atoms with van der Waals surface area (Å²) in [5, 5.41) is 20.7. The van der Waals surface area contributed by atoms with Gasteiger partial charge >= 0.3 is 5.97 Å². The zero-order chi connectivity index (χ0) is 27.9. The summed E-state index contributed by atoms with van der Waals surface area (Å²) in [4.78, 5) is 11.5. The first-order valence-corrected chi connectivity index (χ1v) is 13.3. The molecule has 2 aliphatic rings. The van der Waals surface area contributed by atoms with Crippen molar-refractivity contribution in [1.82, 2.24) is 0 Å². The van der Waals surface area contributed by atoms with Gasteiger partial charge in [-0.15, -0.1) is 0 Å². The van der Waals surface area contributed by atoms with Crippen molar-refractivity contribution in [3.05, 3.63) is 82.9 Å². The van der Waals surface area contributed by atoms with E-state index in [1.165, 1.54) is 19.2 Å². The molecule has 0 bridgehead atoms. The first kappa shape index (κ1) is 27.1. The van der Waals surface area contributed by atoms with Gasteiger partial charge in [0, 0.05) is 11.5 Å². The summed E-state index contributed by atoms with van der Waals surface area (Å²) >= 11 is 0. The van der Waals surface area contributed by atoms with Crippen LogP contribution in [0.1, 0.15) is 74.7 Å². The van der Waals surface area contributed by atoms with Gasteiger partial charge in [0.25, 0.3) is 0 Å². The molecule has 7 heteroatoms. The molecule has 5 rings (SSSR count). The van der Waals surface area contributed by atoms with Crippen molar-refractivity contribution in [3.8, 4) is 22.6 Å². The van der Waals surface area contributed by atoms with Crippen LogP contribution in [0.2, 0.25) is 0 Å². The summed E-state index contributed by atoms with van der Waals surface area (Å²) in [7, 11) is 1.52. The van der Waals surface area contributed by atoms with Crippen LogP contribution in [-0.4, -0.2) is 23.3 Å². The summed E-state index contributed by atoms with van der Waals surface area (Å²) in [5.41, 5.74) is 2.02. The Kier molecular flexibility index (Phi) is 7.14. The van der Waals surface area contributed by atoms with Crippen LogP contribution in [0.5, 0.6) is 11.5 Å². The van der Waals surface area contributed by atoms with E-state index in [9.17, 15) is 19.4 Å². The van der Waals surface area contributed by atoms with Crippen LogP contribution in [0.15, 0.2) is 54.6 Å². The number of aliphatic hydroxyl groups is 1. The van der Waals surface area contributed by atoms with E-state index >= 15 is 4.39 Å². The lowest BCUT2D eigenvalue weighted by Gasteiger charge is -2.24. The Labute approximate surface area is 227 Å². The van der Waals surface area contributed by atoms with Gasteiger partial charge in [-0.05, 0) is 89.1 Å². The molecule has 0 spiro atoms. The third kappa shape index (κ3) is 5.50. The molecule has 3 aromatic carbocycles. The van der Waals surface area contributed by atoms with E-state index in [0.29, 0.717) is 33.6 Å². The van der Waals surface area contributed by atoms with Crippen LogP contribution >= 0.6 is 0 Å². The molecular formula is C32H34F2O5. The fourth-order valence-electron chi connectivity index (χ4n) is 5.38. The molecule has 2 fully saturated rings. The molecule has 0 unspecified atom stereocenters. The molecular weight excluding hydrogens is 502 g/mol. The van der Waals surface area contributed by atoms with Crippen molar-refractivity contribution in [2.75, 3.05) is 7.11 Å². The second-order valence-electron chi connectivity index (χ2n) is 11.6. The van der Waals surface area contributed by atoms with Crippen LogP contribution < -0.4 is 9.47 Å². The smallest absolute Gasteiger partial charge is 0.303 e. The summed E-state index contributed by atoms with van der Waals surface area (Å²) in [6, 6.07) is 14.7. The number of aliphatic carboxylic acids is 1. The van der Waals surface area contributed by atoms with Gasteiger partial charge in [-0.1, -0.05) is 38.1 Å². The molecule has 0 amide bonds. The van der Waals surface area contributed by atoms with Crippen molar-refractivity contribution >= 4 is 5.97 Å². The number of carboxylic acid groups (broad SMARTS) is 1. The number of hydrogen-bond acceptors (Lipinski definition) is 4. The van der Waals surface area contributed by atoms with E-state index < -0.39 is 29.6 Å². The van der Waals surface area contributed by atoms with Gasteiger partial charge in [0.05, 0.1) is 19.6 Å². The molecule has 2 N–H and O–H groups in total. The van der Waals surface area contributed by atoms with Crippen LogP contribution in [-0.2, 0) is 11.4 Å². The third-order valence-corrected chi connectivity index (χ3v) is 8.59. The molecule has 0 aliphatic heterocycles. The molecule has 3 aromatic rings. The van der Waals surface area contributed by atoms with Gasteiger partial charge in [0.2, 0.25) is 0 Å². The monoisotopic (exact) mass is 536 g/mol. The third-order valence-electron chi connectivity index (χ3n) is 8.59. The largest absolute Gasteiger partial charge is 0.497 e. The standard InChI is InChI=1S/C32H34F2O5/c1-31(11-12-31)25(17-28(35)36)22-5-4-6-27(29(22)34)39-18-19-7-9-21(23-16-20(38-3)8-10-26(23)33)24(15-19)30(37)32(2)13-14-32/h4-10,15-16,25,30,37H,11-14,17-18H2,1-3H3,(H,35,36)/t25-,30+/m0/s1. The van der Waals surface area contributed by atoms with Crippen LogP contribution in [0, 0.1) is 22.5 Å². The number of aliphatic hydroxyl groups excluding tert-OH is 1. The zero-order valence-corrected chi connectivity index (χ0v) is 22.5. The average molecular weight is 537 g/mol. The Hall–Kier alpha value is -3.45. The molecule has 0 saturated heterocycles. The van der Waals surface area contributed by atoms with E-state index in [4.69, 9.17) is 9.47 Å². The Morgan fingerprint density at radius 2 is 1.67 bits per heavy atom. The van der Waals surface area contributed by atoms with Crippen molar-refractivity contribution in [1.29, 1.82) is 0 Å². The Bertz CT molecular complexity index is 1390. The molecule has 2 atom stereocenters. The quantitative estimate of drug-likeness (QED) is 0.267. The highest BCUT2D eigenvalue weighted by molar-refractivity contribution is 5.71. The second kappa shape index (κ2) is 10.3. The fourth-order valence-corrected chi connectivity index (χ4v) is 5.38. The zero-order valence-electron chi connectivity index (χ0n) is 22.5. The van der Waals surface area contributed by atoms with Gasteiger partial charge in [-0.25, -0.2) is 8.78 Å². The van der Waals surface area contributed by atoms with E-state index in [-0.39, 0.29) is 29.6 Å². The molecule has 0 heterocycles. The van der Waals surface area contributed by atoms with E-state index in [0.717, 1.165) is 25.7 Å². The molecule has 39 heavy (non-hydrogen) atoms. The highest BCUT2D eigenvalue weighted by Crippen LogP contribution is 2.58. The van der Waals surface area contributed by atoms with Crippen molar-refractivity contribution in [2.24, 2.45) is 10.8 Å². The minimum atomic E-state index is -0.957. The Morgan fingerprint density at radius 3 is 2.31 bits per heavy atom. The molecule has 2 aliphatic carbocycles. The first-order chi connectivity index (χ1) is 18.5. The van der Waals surface area contributed by atoms with Gasteiger partial charge in [0.1, 0.15) is 18.2 Å². The lowest BCUT2D eigenvalue weighted by atomic mass is 9.81. The van der Waals surface area contributed by atoms with Crippen molar-refractivity contribution in [3.63, 3.8) is 0 Å². The highest BCUT2D eigenvalue weighted by Gasteiger charge is 2.47. The highest BCUT2D eigenvalue weighted by atomic mass is 19.1. The number of benzene rings is 3. The number of carbonyl (C=O) groups is 1. The first-order valence-electron chi connectivity index (χ1n) is 13.3. The van der Waals surface area contributed by atoms with Gasteiger partial charge in [-0.2, -0.15) is 0 Å². The predicted octanol–water partition coefficient (Wildman–Crippen LogP) is 7.41. The predicted molar refractivity (Wildman–Crippen MR) is 144 cm³/mol. The van der Waals surface area contributed by atoms with Crippen LogP contribution in [0.25, 0.3) is 11.1 Å². The number of ether oxygens (including phenoxy) is 2. The minimum Gasteiger partial charge on any atom is -0.497 e.